The second kappa shape index (κ2) is 9.18. The van der Waals surface area contributed by atoms with Gasteiger partial charge in [-0.3, -0.25) is 4.90 Å². The Labute approximate surface area is 193 Å². The second-order valence-corrected chi connectivity index (χ2v) is 11.7. The van der Waals surface area contributed by atoms with E-state index in [1.54, 1.807) is 24.4 Å². The molecule has 1 aliphatic heterocycles. The number of rotatable bonds is 8. The summed E-state index contributed by atoms with van der Waals surface area (Å²) in [5.41, 5.74) is 0.462. The third-order valence-corrected chi connectivity index (χ3v) is 7.83. The summed E-state index contributed by atoms with van der Waals surface area (Å²) in [6.45, 7) is 6.27. The van der Waals surface area contributed by atoms with Crippen LogP contribution in [0.1, 0.15) is 51.5 Å². The van der Waals surface area contributed by atoms with Gasteiger partial charge in [-0.15, -0.1) is 11.3 Å². The van der Waals surface area contributed by atoms with E-state index in [1.807, 2.05) is 6.07 Å². The number of aldehydes is 1. The van der Waals surface area contributed by atoms with Crippen LogP contribution in [0.15, 0.2) is 30.5 Å². The number of benzene rings is 1. The predicted molar refractivity (Wildman–Crippen MR) is 123 cm³/mol. The summed E-state index contributed by atoms with van der Waals surface area (Å²) in [7, 11) is 0. The highest BCUT2D eigenvalue weighted by Gasteiger charge is 2.46. The quantitative estimate of drug-likeness (QED) is 0.434. The van der Waals surface area contributed by atoms with Crippen molar-refractivity contribution < 1.29 is 18.3 Å². The molecule has 7 heteroatoms. The molecule has 1 aromatic carbocycles. The third kappa shape index (κ3) is 5.54. The van der Waals surface area contributed by atoms with E-state index in [0.717, 1.165) is 35.8 Å². The Bertz CT molecular complexity index is 938. The van der Waals surface area contributed by atoms with Gasteiger partial charge in [-0.2, -0.15) is 8.78 Å². The van der Waals surface area contributed by atoms with E-state index in [1.165, 1.54) is 30.5 Å². The monoisotopic (exact) mass is 462 g/mol. The minimum absolute atomic E-state index is 0.121. The summed E-state index contributed by atoms with van der Waals surface area (Å²) in [6, 6.07) is 6.82. The van der Waals surface area contributed by atoms with Gasteiger partial charge in [0.2, 0.25) is 0 Å². The van der Waals surface area contributed by atoms with Gasteiger partial charge in [0, 0.05) is 30.3 Å². The smallest absolute Gasteiger partial charge is 0.387 e. The van der Waals surface area contributed by atoms with Crippen LogP contribution >= 0.6 is 11.3 Å². The van der Waals surface area contributed by atoms with Crippen molar-refractivity contribution in [2.24, 2.45) is 22.7 Å². The molecule has 0 unspecified atom stereocenters. The number of likely N-dealkylation sites (tertiary alicyclic amines) is 1. The standard InChI is InChI=1S/C25H32F2N2O2S/c1-24(2,3)18-11-25(16-30,10-17-8-9-17)15-29(13-18)14-22-28-12-21(32-22)19-6-4-5-7-20(19)31-23(26)27/h4-7,12,16-18,23H,8-11,13-15H2,1-3H3/t18-,25-/m1/s1. The summed E-state index contributed by atoms with van der Waals surface area (Å²) < 4.78 is 30.3. The fourth-order valence-corrected chi connectivity index (χ4v) is 5.88. The molecule has 1 saturated carbocycles. The van der Waals surface area contributed by atoms with Crippen LogP contribution in [0.2, 0.25) is 0 Å². The SMILES string of the molecule is CC(C)(C)[C@H]1CN(Cc2ncc(-c3ccccc3OC(F)F)s2)C[C@@](C=O)(CC2CC2)C1. The van der Waals surface area contributed by atoms with Crippen molar-refractivity contribution in [1.82, 2.24) is 9.88 Å². The van der Waals surface area contributed by atoms with Crippen molar-refractivity contribution in [3.05, 3.63) is 35.5 Å². The number of halogens is 2. The van der Waals surface area contributed by atoms with Gasteiger partial charge >= 0.3 is 6.61 Å². The number of alkyl halides is 2. The first-order valence-corrected chi connectivity index (χ1v) is 12.2. The third-order valence-electron chi connectivity index (χ3n) is 6.82. The maximum Gasteiger partial charge on any atom is 0.387 e. The van der Waals surface area contributed by atoms with Crippen LogP contribution in [0, 0.1) is 22.7 Å². The zero-order valence-electron chi connectivity index (χ0n) is 19.0. The highest BCUT2D eigenvalue weighted by molar-refractivity contribution is 7.15. The molecule has 1 aromatic heterocycles. The molecule has 2 aromatic rings. The van der Waals surface area contributed by atoms with Crippen molar-refractivity contribution in [1.29, 1.82) is 0 Å². The van der Waals surface area contributed by atoms with Crippen molar-refractivity contribution in [3.63, 3.8) is 0 Å². The van der Waals surface area contributed by atoms with Gasteiger partial charge in [-0.05, 0) is 42.2 Å². The van der Waals surface area contributed by atoms with Crippen molar-refractivity contribution in [2.45, 2.75) is 59.6 Å². The number of nitrogens with zero attached hydrogens (tertiary/aromatic N) is 2. The van der Waals surface area contributed by atoms with Crippen LogP contribution in [0.25, 0.3) is 10.4 Å². The van der Waals surface area contributed by atoms with Crippen molar-refractivity contribution in [3.8, 4) is 16.2 Å². The molecule has 32 heavy (non-hydrogen) atoms. The Morgan fingerprint density at radius 2 is 2.06 bits per heavy atom. The number of carbonyl (C=O) groups is 1. The van der Waals surface area contributed by atoms with E-state index in [4.69, 9.17) is 4.74 Å². The van der Waals surface area contributed by atoms with Crippen LogP contribution in [0.4, 0.5) is 8.78 Å². The number of para-hydroxylation sites is 1. The van der Waals surface area contributed by atoms with Crippen LogP contribution in [-0.4, -0.2) is 35.9 Å². The normalized spacial score (nSPS) is 24.6. The molecule has 2 aliphatic rings. The summed E-state index contributed by atoms with van der Waals surface area (Å²) in [5, 5.41) is 0.924. The lowest BCUT2D eigenvalue weighted by atomic mass is 9.66. The average Bonchev–Trinajstić information content (AvgIpc) is 3.42. The van der Waals surface area contributed by atoms with Gasteiger partial charge in [-0.1, -0.05) is 45.7 Å². The van der Waals surface area contributed by atoms with Crippen LogP contribution in [-0.2, 0) is 11.3 Å². The van der Waals surface area contributed by atoms with E-state index in [-0.39, 0.29) is 16.6 Å². The van der Waals surface area contributed by atoms with Crippen molar-refractivity contribution in [2.75, 3.05) is 13.1 Å². The Hall–Kier alpha value is -1.86. The maximum absolute atomic E-state index is 12.8. The highest BCUT2D eigenvalue weighted by atomic mass is 32.1. The van der Waals surface area contributed by atoms with Crippen molar-refractivity contribution >= 4 is 17.6 Å². The number of hydrogen-bond donors (Lipinski definition) is 0. The number of piperidine rings is 1. The molecule has 0 radical (unpaired) electrons. The maximum atomic E-state index is 12.8. The van der Waals surface area contributed by atoms with Crippen LogP contribution in [0.3, 0.4) is 0 Å². The number of carbonyl (C=O) groups excluding carboxylic acids is 1. The molecule has 0 spiro atoms. The first-order chi connectivity index (χ1) is 15.2. The largest absolute Gasteiger partial charge is 0.434 e. The lowest BCUT2D eigenvalue weighted by Crippen LogP contribution is -2.51. The Morgan fingerprint density at radius 1 is 1.31 bits per heavy atom. The van der Waals surface area contributed by atoms with Gasteiger partial charge in [-0.25, -0.2) is 4.98 Å². The van der Waals surface area contributed by atoms with Gasteiger partial charge in [0.1, 0.15) is 17.0 Å². The molecule has 4 nitrogen and oxygen atoms in total. The molecule has 174 valence electrons. The van der Waals surface area contributed by atoms with Gasteiger partial charge in [0.15, 0.2) is 0 Å². The summed E-state index contributed by atoms with van der Waals surface area (Å²) in [5.74, 6) is 1.28. The lowest BCUT2D eigenvalue weighted by molar-refractivity contribution is -0.123. The summed E-state index contributed by atoms with van der Waals surface area (Å²) in [4.78, 5) is 20.1. The number of ether oxygens (including phenoxy) is 1. The Kier molecular flexibility index (Phi) is 6.68. The highest BCUT2D eigenvalue weighted by Crippen LogP contribution is 2.48. The number of aromatic nitrogens is 1. The second-order valence-electron chi connectivity index (χ2n) is 10.6. The van der Waals surface area contributed by atoms with E-state index in [9.17, 15) is 13.6 Å². The topological polar surface area (TPSA) is 42.4 Å². The van der Waals surface area contributed by atoms with Gasteiger partial charge < -0.3 is 9.53 Å². The summed E-state index contributed by atoms with van der Waals surface area (Å²) >= 11 is 1.50. The first kappa shape index (κ1) is 23.3. The van der Waals surface area contributed by atoms with E-state index in [2.05, 4.69) is 30.7 Å². The number of thiazole rings is 1. The van der Waals surface area contributed by atoms with Gasteiger partial charge in [0.25, 0.3) is 0 Å². The molecule has 2 fully saturated rings. The predicted octanol–water partition coefficient (Wildman–Crippen LogP) is 6.26. The molecule has 0 amide bonds. The zero-order valence-corrected chi connectivity index (χ0v) is 19.8. The minimum atomic E-state index is -2.87. The molecular weight excluding hydrogens is 430 g/mol. The molecule has 4 rings (SSSR count). The molecule has 1 aliphatic carbocycles. The number of hydrogen-bond acceptors (Lipinski definition) is 5. The average molecular weight is 463 g/mol. The lowest BCUT2D eigenvalue weighted by Gasteiger charge is -2.47. The zero-order chi connectivity index (χ0) is 22.9. The molecular formula is C25H32F2N2O2S. The van der Waals surface area contributed by atoms with Crippen LogP contribution in [0.5, 0.6) is 5.75 Å². The van der Waals surface area contributed by atoms with Gasteiger partial charge in [0.05, 0.1) is 11.4 Å². The van der Waals surface area contributed by atoms with E-state index < -0.39 is 6.61 Å². The fourth-order valence-electron chi connectivity index (χ4n) is 4.89. The molecule has 2 atom stereocenters. The van der Waals surface area contributed by atoms with E-state index >= 15 is 0 Å². The van der Waals surface area contributed by atoms with Crippen LogP contribution < -0.4 is 4.74 Å². The Balaban J connectivity index is 1.53. The molecule has 0 bridgehead atoms. The summed E-state index contributed by atoms with van der Waals surface area (Å²) in [6.07, 6.45) is 7.38. The molecule has 0 N–H and O–H groups in total. The Morgan fingerprint density at radius 3 is 2.72 bits per heavy atom. The fraction of sp³-hybridized carbons (Fsp3) is 0.600. The molecule has 2 heterocycles. The van der Waals surface area contributed by atoms with E-state index in [0.29, 0.717) is 23.9 Å². The minimum Gasteiger partial charge on any atom is -0.434 e. The molecule has 1 saturated heterocycles. The first-order valence-electron chi connectivity index (χ1n) is 11.3.